The van der Waals surface area contributed by atoms with Crippen molar-refractivity contribution >= 4 is 114 Å². The molecule has 0 spiro atoms. The third-order valence-corrected chi connectivity index (χ3v) is 38.0. The molecule has 0 saturated heterocycles. The Morgan fingerprint density at radius 2 is 0.382 bits per heavy atom. The molecule has 4 aliphatic heterocycles. The first-order chi connectivity index (χ1) is 70.5. The second kappa shape index (κ2) is 67.0. The van der Waals surface area contributed by atoms with Crippen LogP contribution in [0.1, 0.15) is 508 Å². The van der Waals surface area contributed by atoms with Gasteiger partial charge >= 0.3 is 0 Å². The second-order valence-corrected chi connectivity index (χ2v) is 50.7. The van der Waals surface area contributed by atoms with E-state index in [0.29, 0.717) is 95.1 Å². The molecule has 4 aliphatic rings. The van der Waals surface area contributed by atoms with E-state index in [9.17, 15) is 0 Å². The first-order valence-corrected chi connectivity index (χ1v) is 64.4. The minimum absolute atomic E-state index is 0.0617. The molecule has 4 amide bonds. The fourth-order valence-corrected chi connectivity index (χ4v) is 28.6. The molecular formula is C128H192N4O6S6. The van der Waals surface area contributed by atoms with Gasteiger partial charge in [-0.3, -0.25) is 19.2 Å². The highest BCUT2D eigenvalue weighted by Crippen LogP contribution is 2.54. The Morgan fingerprint density at radius 1 is 0.194 bits per heavy atom. The standard InChI is InChI=1S/C72H112N2O2S4.C56H80N2O4S2/c1-7-11-15-19-23-27-29-33-37-41-44-59(43-39-35-31-25-21-17-13-9-3)55-73-69(65-50-48-58(6)78-65)67-68(72(73)76)70(66-54-53-64(80-66)63-52-51-62(79-63)61-49-47-57(5)77-61)74(71(67)75)56-60(45-40-36-32-26-22-18-14-10-4)46-42-38-34-30-28-24-20-16-12-8-2;1-7-11-15-19-21-25-29-43(27-23-17-13-9-3)39-57-53(46-33-31-41(5)61-46)51-52(56(57)60)54(47-35-34-45(62-47)48-37-38-50(64-48)49-36-32-42(6)63-49)58(55(51)59)40-44(28-24-18-14-10-4)30-26-22-20-16-12-8-2/h47-54,59-60H,7-46,55-56H2,1-6H3;31-38,43-44H,7-30,39-40H2,1-6H3. The van der Waals surface area contributed by atoms with E-state index in [4.69, 9.17) is 8.83 Å². The average molecular weight is 2080 g/mol. The number of thiophene rings is 6. The molecule has 0 aromatic carbocycles. The summed E-state index contributed by atoms with van der Waals surface area (Å²) in [6.45, 7) is 29.3. The first kappa shape index (κ1) is 118. The van der Waals surface area contributed by atoms with Gasteiger partial charge in [-0.15, -0.1) is 68.0 Å². The first-order valence-electron chi connectivity index (χ1n) is 59.5. The van der Waals surface area contributed by atoms with Gasteiger partial charge in [0.1, 0.15) is 22.9 Å². The van der Waals surface area contributed by atoms with Gasteiger partial charge in [0, 0.05) is 70.1 Å². The zero-order valence-corrected chi connectivity index (χ0v) is 97.2. The monoisotopic (exact) mass is 2070 g/mol. The van der Waals surface area contributed by atoms with Crippen molar-refractivity contribution < 1.29 is 28.0 Å². The molecule has 0 radical (unpaired) electrons. The largest absolute Gasteiger partial charge is 0.460 e. The van der Waals surface area contributed by atoms with Crippen LogP contribution in [-0.2, 0) is 19.2 Å². The maximum absolute atomic E-state index is 15.9. The highest BCUT2D eigenvalue weighted by molar-refractivity contribution is 7.27. The van der Waals surface area contributed by atoms with Crippen LogP contribution < -0.4 is 0 Å². The van der Waals surface area contributed by atoms with E-state index in [1.54, 1.807) is 45.3 Å². The Morgan fingerprint density at radius 3 is 0.646 bits per heavy atom. The van der Waals surface area contributed by atoms with E-state index in [-0.39, 0.29) is 23.6 Å². The molecule has 12 rings (SSSR count). The normalized spacial score (nSPS) is 14.8. The van der Waals surface area contributed by atoms with E-state index in [1.165, 1.54) is 384 Å². The fraction of sp³-hybridized carbons (Fsp3) is 0.656. The lowest BCUT2D eigenvalue weighted by molar-refractivity contribution is -0.124. The van der Waals surface area contributed by atoms with Gasteiger partial charge in [0.25, 0.3) is 23.6 Å². The number of aryl methyl sites for hydroxylation is 4. The number of carbonyl (C=O) groups excluding carboxylic acids is 4. The predicted octanol–water partition coefficient (Wildman–Crippen LogP) is 42.0. The van der Waals surface area contributed by atoms with Crippen molar-refractivity contribution in [3.05, 3.63) is 161 Å². The van der Waals surface area contributed by atoms with Crippen molar-refractivity contribution in [1.82, 2.24) is 19.6 Å². The topological polar surface area (TPSA) is 108 Å². The highest BCUT2D eigenvalue weighted by atomic mass is 32.1. The third-order valence-electron chi connectivity index (χ3n) is 31.1. The summed E-state index contributed by atoms with van der Waals surface area (Å²) in [7, 11) is 0. The molecule has 8 aromatic rings. The SMILES string of the molecule is CCCCCCCCC(CCCCCC)CN1C(=O)C2=C(c3ccc(-c4ccc(-c5ccc(C)s5)s4)o3)N(CC(CCCCCC)CCCCCCCC)C(=O)C2=C1c1ccc(C)o1.CCCCCCCCCCCCC(CCCCCCCCCC)CN1C(=O)C2=C(c3ccc(-c4ccc(-c5ccc(C)s5)s4)s3)N(CC(CCCCCCCCCC)CCCCCCCCCCCC)C(=O)C2=C1c1ccc(C)s1. The van der Waals surface area contributed by atoms with Crippen molar-refractivity contribution in [2.24, 2.45) is 23.7 Å². The van der Waals surface area contributed by atoms with Crippen LogP contribution >= 0.6 is 68.0 Å². The maximum atomic E-state index is 15.9. The number of furan rings is 2. The molecule has 144 heavy (non-hydrogen) atoms. The number of hydrogen-bond acceptors (Lipinski definition) is 12. The quantitative estimate of drug-likeness (QED) is 0.0352. The summed E-state index contributed by atoms with van der Waals surface area (Å²) < 4.78 is 13.2. The van der Waals surface area contributed by atoms with Crippen LogP contribution in [0.2, 0.25) is 0 Å². The molecule has 0 N–H and O–H groups in total. The van der Waals surface area contributed by atoms with Gasteiger partial charge in [-0.05, 0) is 200 Å². The number of fused-ring (bicyclic) bond motifs is 2. The van der Waals surface area contributed by atoms with E-state index in [0.717, 1.165) is 108 Å². The van der Waals surface area contributed by atoms with Crippen molar-refractivity contribution in [3.8, 4) is 39.9 Å². The minimum atomic E-state index is -0.0914. The second-order valence-electron chi connectivity index (χ2n) is 43.6. The number of hydrogen-bond donors (Lipinski definition) is 0. The maximum Gasteiger partial charge on any atom is 0.261 e. The van der Waals surface area contributed by atoms with Crippen LogP contribution in [0.3, 0.4) is 0 Å². The van der Waals surface area contributed by atoms with E-state index in [2.05, 4.69) is 159 Å². The fourth-order valence-electron chi connectivity index (χ4n) is 22.6. The van der Waals surface area contributed by atoms with Crippen LogP contribution in [0.4, 0.5) is 0 Å². The summed E-state index contributed by atoms with van der Waals surface area (Å²) in [6, 6.07) is 34.6. The Kier molecular flexibility index (Phi) is 54.8. The molecule has 0 saturated carbocycles. The summed E-state index contributed by atoms with van der Waals surface area (Å²) in [4.78, 5) is 85.5. The van der Waals surface area contributed by atoms with Crippen molar-refractivity contribution in [2.45, 2.75) is 494 Å². The summed E-state index contributed by atoms with van der Waals surface area (Å²) in [5.41, 5.74) is 5.43. The van der Waals surface area contributed by atoms with Gasteiger partial charge in [0.15, 0.2) is 11.5 Å². The van der Waals surface area contributed by atoms with Crippen LogP contribution in [0, 0.1) is 51.4 Å². The minimum Gasteiger partial charge on any atom is -0.460 e. The highest BCUT2D eigenvalue weighted by Gasteiger charge is 2.53. The third kappa shape index (κ3) is 37.0. The zero-order chi connectivity index (χ0) is 102. The summed E-state index contributed by atoms with van der Waals surface area (Å²) in [5, 5.41) is 0. The average Bonchev–Trinajstić information content (AvgIpc) is 1.55. The number of unbranched alkanes of at least 4 members (excludes halogenated alkanes) is 48. The lowest BCUT2D eigenvalue weighted by Gasteiger charge is -2.29. The van der Waals surface area contributed by atoms with E-state index >= 15 is 19.2 Å². The molecule has 4 unspecified atom stereocenters. The summed E-state index contributed by atoms with van der Waals surface area (Å²) >= 11 is 10.8. The van der Waals surface area contributed by atoms with Crippen molar-refractivity contribution in [2.75, 3.05) is 26.2 Å². The van der Waals surface area contributed by atoms with Gasteiger partial charge in [0.05, 0.1) is 48.3 Å². The van der Waals surface area contributed by atoms with Crippen LogP contribution in [-0.4, -0.2) is 69.4 Å². The Hall–Kier alpha value is -6.40. The van der Waals surface area contributed by atoms with Crippen LogP contribution in [0.15, 0.2) is 128 Å². The van der Waals surface area contributed by atoms with Gasteiger partial charge < -0.3 is 28.4 Å². The molecule has 16 heteroatoms. The molecule has 12 heterocycles. The van der Waals surface area contributed by atoms with E-state index < -0.39 is 0 Å². The molecule has 0 aliphatic carbocycles. The number of nitrogens with zero attached hydrogens (tertiary/aromatic N) is 4. The Bertz CT molecular complexity index is 5130. The lowest BCUT2D eigenvalue weighted by atomic mass is 9.93. The van der Waals surface area contributed by atoms with Gasteiger partial charge in [-0.2, -0.15) is 0 Å². The number of carbonyl (C=O) groups is 4. The van der Waals surface area contributed by atoms with Crippen LogP contribution in [0.5, 0.6) is 0 Å². The Balaban J connectivity index is 0.000000281. The van der Waals surface area contributed by atoms with Gasteiger partial charge in [-0.1, -0.05) is 415 Å². The smallest absolute Gasteiger partial charge is 0.261 e. The predicted molar refractivity (Wildman–Crippen MR) is 628 cm³/mol. The molecular weight excluding hydrogens is 1880 g/mol. The Labute approximate surface area is 899 Å². The molecule has 8 aromatic heterocycles. The molecule has 4 atom stereocenters. The van der Waals surface area contributed by atoms with Crippen molar-refractivity contribution in [3.63, 3.8) is 0 Å². The molecule has 796 valence electrons. The molecule has 0 fully saturated rings. The summed E-state index contributed by atoms with van der Waals surface area (Å²) in [5.74, 6) is 4.14. The molecule has 0 bridgehead atoms. The van der Waals surface area contributed by atoms with Crippen molar-refractivity contribution in [1.29, 1.82) is 0 Å². The zero-order valence-electron chi connectivity index (χ0n) is 92.3. The number of amides is 4. The van der Waals surface area contributed by atoms with Gasteiger partial charge in [-0.25, -0.2) is 0 Å². The number of rotatable bonds is 80. The van der Waals surface area contributed by atoms with E-state index in [1.807, 2.05) is 63.7 Å². The van der Waals surface area contributed by atoms with Gasteiger partial charge in [0.2, 0.25) is 0 Å². The van der Waals surface area contributed by atoms with Crippen LogP contribution in [0.25, 0.3) is 62.7 Å². The summed E-state index contributed by atoms with van der Waals surface area (Å²) in [6.07, 6.45) is 81.1. The lowest BCUT2D eigenvalue weighted by Crippen LogP contribution is -2.34. The molecule has 10 nitrogen and oxygen atoms in total.